The monoisotopic (exact) mass is 261 g/mol. The molecule has 0 heterocycles. The molecule has 1 aliphatic rings. The molecule has 0 spiro atoms. The van der Waals surface area contributed by atoms with Crippen LogP contribution in [0.5, 0.6) is 0 Å². The van der Waals surface area contributed by atoms with E-state index in [2.05, 4.69) is 50.4 Å². The van der Waals surface area contributed by atoms with E-state index in [1.807, 2.05) is 0 Å². The van der Waals surface area contributed by atoms with Crippen LogP contribution < -0.4 is 5.32 Å². The van der Waals surface area contributed by atoms with Gasteiger partial charge < -0.3 is 10.1 Å². The van der Waals surface area contributed by atoms with Gasteiger partial charge in [0.2, 0.25) is 0 Å². The smallest absolute Gasteiger partial charge is 0.0827 e. The van der Waals surface area contributed by atoms with Gasteiger partial charge in [0.1, 0.15) is 0 Å². The lowest BCUT2D eigenvalue weighted by Crippen LogP contribution is -2.36. The average molecular weight is 261 g/mol. The van der Waals surface area contributed by atoms with Gasteiger partial charge >= 0.3 is 0 Å². The van der Waals surface area contributed by atoms with Crippen LogP contribution in [-0.2, 0) is 11.2 Å². The quantitative estimate of drug-likeness (QED) is 0.813. The summed E-state index contributed by atoms with van der Waals surface area (Å²) < 4.78 is 6.08. The first-order valence-electron chi connectivity index (χ1n) is 7.51. The van der Waals surface area contributed by atoms with Gasteiger partial charge in [0.25, 0.3) is 0 Å². The Kier molecular flexibility index (Phi) is 5.00. The largest absolute Gasteiger partial charge is 0.373 e. The number of rotatable bonds is 5. The zero-order valence-electron chi connectivity index (χ0n) is 12.5. The van der Waals surface area contributed by atoms with E-state index in [1.165, 1.54) is 30.4 Å². The van der Waals surface area contributed by atoms with Gasteiger partial charge in [-0.3, -0.25) is 0 Å². The summed E-state index contributed by atoms with van der Waals surface area (Å²) in [5.74, 6) is 0. The Balaban J connectivity index is 1.75. The number of aryl methyl sites for hydroxylation is 1. The summed E-state index contributed by atoms with van der Waals surface area (Å²) in [5.41, 5.74) is 3.10. The molecule has 0 bridgehead atoms. The van der Waals surface area contributed by atoms with E-state index in [4.69, 9.17) is 4.74 Å². The van der Waals surface area contributed by atoms with E-state index in [1.54, 1.807) is 0 Å². The van der Waals surface area contributed by atoms with Crippen molar-refractivity contribution in [1.82, 2.24) is 5.32 Å². The van der Waals surface area contributed by atoms with Crippen molar-refractivity contribution < 1.29 is 4.74 Å². The molecule has 19 heavy (non-hydrogen) atoms. The summed E-state index contributed by atoms with van der Waals surface area (Å²) in [6.45, 7) is 8.47. The van der Waals surface area contributed by atoms with Crippen LogP contribution in [0.2, 0.25) is 0 Å². The molecule has 1 aromatic carbocycles. The highest BCUT2D eigenvalue weighted by atomic mass is 16.5. The minimum Gasteiger partial charge on any atom is -0.373 e. The fraction of sp³-hybridized carbons (Fsp3) is 0.647. The van der Waals surface area contributed by atoms with Crippen LogP contribution in [-0.4, -0.2) is 18.7 Å². The molecule has 1 aromatic rings. The van der Waals surface area contributed by atoms with Crippen molar-refractivity contribution in [2.75, 3.05) is 13.2 Å². The molecule has 1 atom stereocenters. The Morgan fingerprint density at radius 3 is 2.84 bits per heavy atom. The van der Waals surface area contributed by atoms with Crippen molar-refractivity contribution in [3.8, 4) is 0 Å². The van der Waals surface area contributed by atoms with Crippen LogP contribution in [0.25, 0.3) is 0 Å². The molecule has 0 amide bonds. The average Bonchev–Trinajstić information content (AvgIpc) is 2.37. The third kappa shape index (κ3) is 4.63. The topological polar surface area (TPSA) is 21.3 Å². The van der Waals surface area contributed by atoms with Crippen LogP contribution in [0.15, 0.2) is 24.3 Å². The molecule has 0 aromatic heterocycles. The van der Waals surface area contributed by atoms with Gasteiger partial charge in [-0.1, -0.05) is 24.3 Å². The van der Waals surface area contributed by atoms with E-state index in [9.17, 15) is 0 Å². The van der Waals surface area contributed by atoms with Crippen LogP contribution in [0, 0.1) is 0 Å². The summed E-state index contributed by atoms with van der Waals surface area (Å²) in [5, 5.41) is 3.50. The number of hydrogen-bond acceptors (Lipinski definition) is 2. The maximum Gasteiger partial charge on any atom is 0.0827 e. The first-order valence-corrected chi connectivity index (χ1v) is 7.51. The first kappa shape index (κ1) is 14.5. The normalized spacial score (nSPS) is 19.2. The molecule has 2 heteroatoms. The highest BCUT2D eigenvalue weighted by Crippen LogP contribution is 2.32. The van der Waals surface area contributed by atoms with Crippen molar-refractivity contribution >= 4 is 0 Å². The maximum atomic E-state index is 6.08. The standard InChI is InChI=1S/C17H27NO/c1-17(2,3)18-12-7-13-19-16-11-6-9-14-8-4-5-10-15(14)16/h4-5,8,10,16,18H,6-7,9,11-13H2,1-3H3. The SMILES string of the molecule is CC(C)(C)NCCCOC1CCCc2ccccc21. The molecule has 1 N–H and O–H groups in total. The molecule has 2 rings (SSSR count). The zero-order valence-corrected chi connectivity index (χ0v) is 12.5. The number of benzene rings is 1. The first-order chi connectivity index (χ1) is 9.06. The Morgan fingerprint density at radius 1 is 1.26 bits per heavy atom. The van der Waals surface area contributed by atoms with Crippen LogP contribution in [0.4, 0.5) is 0 Å². The van der Waals surface area contributed by atoms with Gasteiger partial charge in [0.15, 0.2) is 0 Å². The fourth-order valence-corrected chi connectivity index (χ4v) is 2.64. The Labute approximate surface area is 117 Å². The van der Waals surface area contributed by atoms with Crippen molar-refractivity contribution in [3.63, 3.8) is 0 Å². The summed E-state index contributed by atoms with van der Waals surface area (Å²) in [6, 6.07) is 8.73. The molecule has 1 unspecified atom stereocenters. The second-order valence-corrected chi connectivity index (χ2v) is 6.48. The number of ether oxygens (including phenoxy) is 1. The molecule has 0 aliphatic heterocycles. The van der Waals surface area contributed by atoms with Crippen molar-refractivity contribution in [1.29, 1.82) is 0 Å². The molecule has 2 nitrogen and oxygen atoms in total. The summed E-state index contributed by atoms with van der Waals surface area (Å²) in [6.07, 6.45) is 5.03. The van der Waals surface area contributed by atoms with Crippen molar-refractivity contribution in [2.45, 2.75) is 58.1 Å². The second-order valence-electron chi connectivity index (χ2n) is 6.48. The highest BCUT2D eigenvalue weighted by molar-refractivity contribution is 5.31. The molecular weight excluding hydrogens is 234 g/mol. The third-order valence-corrected chi connectivity index (χ3v) is 3.61. The number of hydrogen-bond donors (Lipinski definition) is 1. The van der Waals surface area contributed by atoms with Crippen LogP contribution in [0.3, 0.4) is 0 Å². The minimum atomic E-state index is 0.206. The summed E-state index contributed by atoms with van der Waals surface area (Å²) in [7, 11) is 0. The molecule has 0 radical (unpaired) electrons. The number of fused-ring (bicyclic) bond motifs is 1. The molecule has 106 valence electrons. The third-order valence-electron chi connectivity index (χ3n) is 3.61. The van der Waals surface area contributed by atoms with Crippen molar-refractivity contribution in [3.05, 3.63) is 35.4 Å². The Bertz CT molecular complexity index is 394. The minimum absolute atomic E-state index is 0.206. The summed E-state index contributed by atoms with van der Waals surface area (Å²) >= 11 is 0. The van der Waals surface area contributed by atoms with Gasteiger partial charge in [-0.25, -0.2) is 0 Å². The van der Waals surface area contributed by atoms with Gasteiger partial charge in [-0.05, 0) is 64.1 Å². The lowest BCUT2D eigenvalue weighted by Gasteiger charge is -2.26. The Hall–Kier alpha value is -0.860. The van der Waals surface area contributed by atoms with Crippen LogP contribution >= 0.6 is 0 Å². The molecular formula is C17H27NO. The highest BCUT2D eigenvalue weighted by Gasteiger charge is 2.19. The zero-order chi connectivity index (χ0) is 13.7. The van der Waals surface area contributed by atoms with E-state index in [-0.39, 0.29) is 5.54 Å². The molecule has 0 saturated carbocycles. The maximum absolute atomic E-state index is 6.08. The summed E-state index contributed by atoms with van der Waals surface area (Å²) in [4.78, 5) is 0. The lowest BCUT2D eigenvalue weighted by atomic mass is 9.89. The van der Waals surface area contributed by atoms with Gasteiger partial charge in [0, 0.05) is 12.1 Å². The Morgan fingerprint density at radius 2 is 2.05 bits per heavy atom. The van der Waals surface area contributed by atoms with Gasteiger partial charge in [-0.2, -0.15) is 0 Å². The van der Waals surface area contributed by atoms with Gasteiger partial charge in [0.05, 0.1) is 6.10 Å². The fourth-order valence-electron chi connectivity index (χ4n) is 2.64. The number of nitrogens with one attached hydrogen (secondary N) is 1. The lowest BCUT2D eigenvalue weighted by molar-refractivity contribution is 0.0388. The van der Waals surface area contributed by atoms with E-state index < -0.39 is 0 Å². The molecule has 0 saturated heterocycles. The van der Waals surface area contributed by atoms with Crippen LogP contribution in [0.1, 0.15) is 57.3 Å². The molecule has 0 fully saturated rings. The second kappa shape index (κ2) is 6.53. The predicted molar refractivity (Wildman–Crippen MR) is 80.4 cm³/mol. The molecule has 1 aliphatic carbocycles. The van der Waals surface area contributed by atoms with Gasteiger partial charge in [-0.15, -0.1) is 0 Å². The van der Waals surface area contributed by atoms with E-state index in [0.717, 1.165) is 19.6 Å². The van der Waals surface area contributed by atoms with E-state index >= 15 is 0 Å². The predicted octanol–water partition coefficient (Wildman–Crippen LogP) is 3.86. The van der Waals surface area contributed by atoms with E-state index in [0.29, 0.717) is 6.10 Å². The van der Waals surface area contributed by atoms with Crippen molar-refractivity contribution in [2.24, 2.45) is 0 Å².